The lowest BCUT2D eigenvalue weighted by molar-refractivity contribution is 0.245. The van der Waals surface area contributed by atoms with Crippen molar-refractivity contribution < 1.29 is 97.0 Å². The van der Waals surface area contributed by atoms with Crippen molar-refractivity contribution in [3.63, 3.8) is 0 Å². The van der Waals surface area contributed by atoms with Gasteiger partial charge in [-0.15, -0.1) is 0 Å². The van der Waals surface area contributed by atoms with Crippen LogP contribution in [0.4, 0.5) is 0 Å². The van der Waals surface area contributed by atoms with Crippen LogP contribution in [0.3, 0.4) is 0 Å². The number of phenols is 6. The van der Waals surface area contributed by atoms with E-state index in [1.165, 1.54) is 38.9 Å². The molecule has 0 saturated heterocycles. The van der Waals surface area contributed by atoms with Gasteiger partial charge in [-0.3, -0.25) is 0 Å². The standard InChI is InChI=1S/C25H26O5.C25H26O3.C24H24O4.2C23H22O4/c1-15-21(26)11-10-19-24(16-5-8-18(27-2)9-6-16)20(14-30-25(15)19)17-7-12-22(28-3)23(13-17)29-4;1-16-5-14-22-24(19-8-12-21(27-4)13-9-19)23(15-28-25(22)17(16)2)18-6-10-20(26-3)11-7-18;1-15-22(25)13-12-20-23(17-6-10-19(27-3)11-7-17)21(14-28-24(15)20)16-4-8-18(26-2)9-5-16;2*1-14-21(25)12-11-19-22(16-5-9-18(26-2)10-6-16)20(13-27-23(14)19)15-3-7-17(24)8-4-15/h5-13,20,24,26H,14H2,1-4H3;5-14,23-24H,15H2,1-4H3;4-13,21,23,25H,14H2,1-3H3;2*3-12,20,22,24-25H,13H2,1-2H3. The fourth-order valence-corrected chi connectivity index (χ4v) is 20.0. The number of benzene rings is 15. The Balaban J connectivity index is 0.000000126. The predicted molar refractivity (Wildman–Crippen MR) is 544 cm³/mol. The summed E-state index contributed by atoms with van der Waals surface area (Å²) in [5.74, 6) is 14.0. The molecule has 5 heterocycles. The van der Waals surface area contributed by atoms with Crippen LogP contribution in [-0.4, -0.2) is 128 Å². The van der Waals surface area contributed by atoms with E-state index in [0.29, 0.717) is 44.5 Å². The maximum atomic E-state index is 10.2. The summed E-state index contributed by atoms with van der Waals surface area (Å²) in [5.41, 5.74) is 22.7. The highest BCUT2D eigenvalue weighted by Gasteiger charge is 2.41. The number of methoxy groups -OCH3 is 9. The molecule has 0 spiro atoms. The van der Waals surface area contributed by atoms with Crippen molar-refractivity contribution in [1.82, 2.24) is 0 Å². The van der Waals surface area contributed by atoms with Gasteiger partial charge in [-0.2, -0.15) is 0 Å². The van der Waals surface area contributed by atoms with Crippen molar-refractivity contribution in [3.05, 3.63) is 414 Å². The number of hydrogen-bond donors (Lipinski definition) is 6. The van der Waals surface area contributed by atoms with Crippen LogP contribution in [0.1, 0.15) is 176 Å². The third kappa shape index (κ3) is 20.6. The largest absolute Gasteiger partial charge is 0.508 e. The third-order valence-electron chi connectivity index (χ3n) is 28.0. The second-order valence-corrected chi connectivity index (χ2v) is 35.6. The van der Waals surface area contributed by atoms with E-state index in [0.717, 1.165) is 147 Å². The lowest BCUT2D eigenvalue weighted by Gasteiger charge is -2.35. The number of aryl methyl sites for hydroxylation is 1. The van der Waals surface area contributed by atoms with E-state index in [-0.39, 0.29) is 93.7 Å². The highest BCUT2D eigenvalue weighted by Crippen LogP contribution is 2.56. The molecule has 0 aliphatic carbocycles. The van der Waals surface area contributed by atoms with E-state index in [2.05, 4.69) is 117 Å². The molecular weight excluding hydrogens is 1760 g/mol. The van der Waals surface area contributed by atoms with Crippen molar-refractivity contribution in [2.24, 2.45) is 0 Å². The van der Waals surface area contributed by atoms with Crippen LogP contribution in [0, 0.1) is 41.5 Å². The summed E-state index contributed by atoms with van der Waals surface area (Å²) < 4.78 is 79.0. The molecule has 10 unspecified atom stereocenters. The van der Waals surface area contributed by atoms with Gasteiger partial charge in [0.1, 0.15) is 103 Å². The number of ether oxygens (including phenoxy) is 14. The molecule has 720 valence electrons. The van der Waals surface area contributed by atoms with Crippen LogP contribution in [0.5, 0.6) is 115 Å². The quantitative estimate of drug-likeness (QED) is 0.0440. The minimum Gasteiger partial charge on any atom is -0.508 e. The minimum absolute atomic E-state index is 0.0528. The number of rotatable bonds is 19. The first-order valence-corrected chi connectivity index (χ1v) is 46.8. The lowest BCUT2D eigenvalue weighted by atomic mass is 9.75. The monoisotopic (exact) mass is 1880 g/mol. The molecule has 140 heavy (non-hydrogen) atoms. The topological polar surface area (TPSA) is 251 Å². The SMILES string of the molecule is COc1ccc(C2COc3c(ccc(C)c3C)C2c2ccc(OC)cc2)cc1.COc1ccc(C2COc3c(ccc(O)c3C)C2c2ccc(OC)cc2)cc1.COc1ccc(C2c3ccc(O)c(C)c3OCC2c2ccc(O)cc2)cc1.COc1ccc(C2c3ccc(O)c(C)c3OCC2c2ccc(O)cc2)cc1.COc1ccc(C2c3ccc(O)c(C)c3OCC2c2ccc(OC)c(OC)c2)cc1. The van der Waals surface area contributed by atoms with Crippen LogP contribution >= 0.6 is 0 Å². The maximum absolute atomic E-state index is 10.2. The van der Waals surface area contributed by atoms with E-state index >= 15 is 0 Å². The van der Waals surface area contributed by atoms with Crippen molar-refractivity contribution >= 4 is 0 Å². The molecule has 0 saturated carbocycles. The summed E-state index contributed by atoms with van der Waals surface area (Å²) in [5, 5.41) is 59.8. The van der Waals surface area contributed by atoms with Gasteiger partial charge >= 0.3 is 0 Å². The van der Waals surface area contributed by atoms with E-state index in [1.54, 1.807) is 113 Å². The molecule has 0 fully saturated rings. The fraction of sp³-hybridized carbons (Fsp3) is 0.250. The molecule has 0 aromatic heterocycles. The number of hydrogen-bond acceptors (Lipinski definition) is 20. The second-order valence-electron chi connectivity index (χ2n) is 35.6. The molecule has 15 aromatic rings. The van der Waals surface area contributed by atoms with Gasteiger partial charge in [0.05, 0.1) is 97.0 Å². The molecule has 10 atom stereocenters. The van der Waals surface area contributed by atoms with E-state index < -0.39 is 0 Å². The molecule has 6 N–H and O–H groups in total. The molecule has 20 rings (SSSR count). The predicted octanol–water partition coefficient (Wildman–Crippen LogP) is 25.1. The van der Waals surface area contributed by atoms with Gasteiger partial charge in [0.2, 0.25) is 0 Å². The van der Waals surface area contributed by atoms with E-state index in [4.69, 9.17) is 66.3 Å². The van der Waals surface area contributed by atoms with Crippen molar-refractivity contribution in [2.75, 3.05) is 97.0 Å². The Kier molecular flexibility index (Phi) is 30.4. The van der Waals surface area contributed by atoms with Crippen LogP contribution < -0.4 is 66.3 Å². The van der Waals surface area contributed by atoms with Crippen LogP contribution in [0.2, 0.25) is 0 Å². The zero-order valence-electron chi connectivity index (χ0n) is 81.5. The Labute approximate surface area is 819 Å². The Morgan fingerprint density at radius 3 is 0.607 bits per heavy atom. The third-order valence-corrected chi connectivity index (χ3v) is 28.0. The average molecular weight is 1880 g/mol. The molecule has 20 heteroatoms. The summed E-state index contributed by atoms with van der Waals surface area (Å²) in [6, 6.07) is 97.2. The Morgan fingerprint density at radius 2 is 0.386 bits per heavy atom. The first-order chi connectivity index (χ1) is 68.0. The van der Waals surface area contributed by atoms with Crippen molar-refractivity contribution in [2.45, 2.75) is 101 Å². The van der Waals surface area contributed by atoms with Gasteiger partial charge in [-0.05, 0) is 254 Å². The summed E-state index contributed by atoms with van der Waals surface area (Å²) >= 11 is 0. The molecule has 20 nitrogen and oxygen atoms in total. The van der Waals surface area contributed by atoms with Crippen LogP contribution in [0.25, 0.3) is 0 Å². The smallest absolute Gasteiger partial charge is 0.160 e. The second kappa shape index (κ2) is 43.8. The van der Waals surface area contributed by atoms with Crippen LogP contribution in [0.15, 0.2) is 297 Å². The van der Waals surface area contributed by atoms with Gasteiger partial charge in [0, 0.05) is 109 Å². The van der Waals surface area contributed by atoms with E-state index in [1.807, 2.05) is 173 Å². The molecule has 0 amide bonds. The van der Waals surface area contributed by atoms with Crippen molar-refractivity contribution in [1.29, 1.82) is 0 Å². The van der Waals surface area contributed by atoms with Gasteiger partial charge in [0.15, 0.2) is 11.5 Å². The Morgan fingerprint density at radius 1 is 0.193 bits per heavy atom. The first kappa shape index (κ1) is 97.4. The zero-order chi connectivity index (χ0) is 98.5. The Hall–Kier alpha value is -15.7. The van der Waals surface area contributed by atoms with Crippen molar-refractivity contribution in [3.8, 4) is 115 Å². The summed E-state index contributed by atoms with van der Waals surface area (Å²) in [6.45, 7) is 14.5. The summed E-state index contributed by atoms with van der Waals surface area (Å²) in [4.78, 5) is 0. The lowest BCUT2D eigenvalue weighted by Crippen LogP contribution is -2.26. The normalized spacial score (nSPS) is 18.1. The van der Waals surface area contributed by atoms with Crippen LogP contribution in [-0.2, 0) is 0 Å². The summed E-state index contributed by atoms with van der Waals surface area (Å²) in [6.07, 6.45) is 0. The molecule has 15 aromatic carbocycles. The number of fused-ring (bicyclic) bond motifs is 5. The molecule has 5 aliphatic rings. The first-order valence-electron chi connectivity index (χ1n) is 46.8. The highest BCUT2D eigenvalue weighted by molar-refractivity contribution is 5.63. The molecule has 5 aliphatic heterocycles. The molecular formula is C120H120O20. The summed E-state index contributed by atoms with van der Waals surface area (Å²) in [7, 11) is 15.0. The van der Waals surface area contributed by atoms with E-state index in [9.17, 15) is 30.6 Å². The van der Waals surface area contributed by atoms with Gasteiger partial charge < -0.3 is 97.0 Å². The maximum Gasteiger partial charge on any atom is 0.160 e. The minimum atomic E-state index is 0.0528. The van der Waals surface area contributed by atoms with Gasteiger partial charge in [-0.1, -0.05) is 152 Å². The van der Waals surface area contributed by atoms with Gasteiger partial charge in [-0.25, -0.2) is 0 Å². The number of aromatic hydroxyl groups is 6. The fourth-order valence-electron chi connectivity index (χ4n) is 20.0. The molecule has 0 radical (unpaired) electrons. The zero-order valence-corrected chi connectivity index (χ0v) is 81.5. The number of phenolic OH excluding ortho intramolecular Hbond substituents is 6. The average Bonchev–Trinajstić information content (AvgIpc) is 0.773. The van der Waals surface area contributed by atoms with Gasteiger partial charge in [0.25, 0.3) is 0 Å². The highest BCUT2D eigenvalue weighted by atomic mass is 16.5. The Bertz CT molecular complexity index is 6430. The molecule has 0 bridgehead atoms.